The lowest BCUT2D eigenvalue weighted by Gasteiger charge is -2.07. The Bertz CT molecular complexity index is 501. The van der Waals surface area contributed by atoms with Crippen LogP contribution in [0.3, 0.4) is 0 Å². The van der Waals surface area contributed by atoms with E-state index in [1.165, 1.54) is 22.3 Å². The SMILES string of the molecule is Cc1cccc(Cc2cc(N)ccc2C)c1. The van der Waals surface area contributed by atoms with Crippen molar-refractivity contribution < 1.29 is 0 Å². The predicted molar refractivity (Wildman–Crippen MR) is 69.6 cm³/mol. The first-order valence-electron chi connectivity index (χ1n) is 5.56. The molecule has 2 aromatic rings. The molecule has 1 nitrogen and oxygen atoms in total. The number of nitrogens with two attached hydrogens (primary N) is 1. The number of anilines is 1. The van der Waals surface area contributed by atoms with Gasteiger partial charge in [0.25, 0.3) is 0 Å². The number of benzene rings is 2. The van der Waals surface area contributed by atoms with Crippen molar-refractivity contribution in [2.75, 3.05) is 5.73 Å². The molecule has 0 radical (unpaired) electrons. The van der Waals surface area contributed by atoms with Gasteiger partial charge >= 0.3 is 0 Å². The smallest absolute Gasteiger partial charge is 0.0317 e. The van der Waals surface area contributed by atoms with Crippen LogP contribution in [-0.2, 0) is 6.42 Å². The van der Waals surface area contributed by atoms with Crippen LogP contribution in [0, 0.1) is 13.8 Å². The van der Waals surface area contributed by atoms with Gasteiger partial charge in [-0.15, -0.1) is 0 Å². The zero-order valence-electron chi connectivity index (χ0n) is 9.83. The Kier molecular flexibility index (Phi) is 2.95. The summed E-state index contributed by atoms with van der Waals surface area (Å²) in [7, 11) is 0. The molecule has 0 aromatic heterocycles. The molecule has 0 saturated carbocycles. The molecule has 2 N–H and O–H groups in total. The molecular weight excluding hydrogens is 194 g/mol. The summed E-state index contributed by atoms with van der Waals surface area (Å²) < 4.78 is 0. The van der Waals surface area contributed by atoms with Gasteiger partial charge in [0.15, 0.2) is 0 Å². The fourth-order valence-corrected chi connectivity index (χ4v) is 1.92. The van der Waals surface area contributed by atoms with E-state index in [1.807, 2.05) is 6.07 Å². The summed E-state index contributed by atoms with van der Waals surface area (Å²) in [6.45, 7) is 4.25. The molecule has 2 rings (SSSR count). The maximum atomic E-state index is 5.81. The van der Waals surface area contributed by atoms with Crippen LogP contribution in [0.25, 0.3) is 0 Å². The van der Waals surface area contributed by atoms with Crippen molar-refractivity contribution in [1.29, 1.82) is 0 Å². The van der Waals surface area contributed by atoms with Gasteiger partial charge in [-0.1, -0.05) is 35.9 Å². The third-order valence-corrected chi connectivity index (χ3v) is 2.85. The van der Waals surface area contributed by atoms with Gasteiger partial charge in [-0.3, -0.25) is 0 Å². The van der Waals surface area contributed by atoms with E-state index in [2.05, 4.69) is 50.2 Å². The van der Waals surface area contributed by atoms with Crippen LogP contribution in [0.2, 0.25) is 0 Å². The first-order valence-corrected chi connectivity index (χ1v) is 5.56. The van der Waals surface area contributed by atoms with Crippen molar-refractivity contribution in [2.45, 2.75) is 20.3 Å². The summed E-state index contributed by atoms with van der Waals surface area (Å²) in [6.07, 6.45) is 0.957. The summed E-state index contributed by atoms with van der Waals surface area (Å²) in [5.74, 6) is 0. The second kappa shape index (κ2) is 4.40. The van der Waals surface area contributed by atoms with Crippen molar-refractivity contribution in [3.05, 3.63) is 64.7 Å². The highest BCUT2D eigenvalue weighted by Crippen LogP contribution is 2.17. The molecule has 0 fully saturated rings. The van der Waals surface area contributed by atoms with Gasteiger partial charge < -0.3 is 5.73 Å². The molecule has 0 spiro atoms. The predicted octanol–water partition coefficient (Wildman–Crippen LogP) is 3.48. The topological polar surface area (TPSA) is 26.0 Å². The van der Waals surface area contributed by atoms with E-state index in [0.29, 0.717) is 0 Å². The first-order chi connectivity index (χ1) is 7.65. The Balaban J connectivity index is 2.30. The van der Waals surface area contributed by atoms with Gasteiger partial charge in [0.1, 0.15) is 0 Å². The second-order valence-corrected chi connectivity index (χ2v) is 4.35. The maximum absolute atomic E-state index is 5.81. The minimum Gasteiger partial charge on any atom is -0.399 e. The van der Waals surface area contributed by atoms with Crippen molar-refractivity contribution in [3.8, 4) is 0 Å². The van der Waals surface area contributed by atoms with Crippen molar-refractivity contribution in [2.24, 2.45) is 0 Å². The molecule has 0 unspecified atom stereocenters. The number of nitrogen functional groups attached to an aromatic ring is 1. The Labute approximate surface area is 96.9 Å². The highest BCUT2D eigenvalue weighted by molar-refractivity contribution is 5.46. The third kappa shape index (κ3) is 2.43. The van der Waals surface area contributed by atoms with Crippen LogP contribution in [0.4, 0.5) is 5.69 Å². The second-order valence-electron chi connectivity index (χ2n) is 4.35. The zero-order chi connectivity index (χ0) is 11.5. The summed E-state index contributed by atoms with van der Waals surface area (Å²) >= 11 is 0. The average molecular weight is 211 g/mol. The molecule has 1 heteroatoms. The lowest BCUT2D eigenvalue weighted by molar-refractivity contribution is 1.15. The van der Waals surface area contributed by atoms with E-state index in [9.17, 15) is 0 Å². The zero-order valence-corrected chi connectivity index (χ0v) is 9.83. The molecule has 82 valence electrons. The molecule has 0 aliphatic rings. The van der Waals surface area contributed by atoms with E-state index in [-0.39, 0.29) is 0 Å². The van der Waals surface area contributed by atoms with Crippen LogP contribution in [0.15, 0.2) is 42.5 Å². The van der Waals surface area contributed by atoms with E-state index in [4.69, 9.17) is 5.73 Å². The van der Waals surface area contributed by atoms with Crippen LogP contribution >= 0.6 is 0 Å². The van der Waals surface area contributed by atoms with Crippen LogP contribution < -0.4 is 5.73 Å². The van der Waals surface area contributed by atoms with E-state index in [0.717, 1.165) is 12.1 Å². The number of hydrogen-bond acceptors (Lipinski definition) is 1. The van der Waals surface area contributed by atoms with Crippen molar-refractivity contribution >= 4 is 5.69 Å². The summed E-state index contributed by atoms with van der Waals surface area (Å²) in [5, 5.41) is 0. The van der Waals surface area contributed by atoms with E-state index < -0.39 is 0 Å². The van der Waals surface area contributed by atoms with Crippen LogP contribution in [-0.4, -0.2) is 0 Å². The summed E-state index contributed by atoms with van der Waals surface area (Å²) in [6, 6.07) is 14.7. The quantitative estimate of drug-likeness (QED) is 0.756. The minimum absolute atomic E-state index is 0.841. The average Bonchev–Trinajstić information content (AvgIpc) is 2.24. The van der Waals surface area contributed by atoms with Gasteiger partial charge in [0.2, 0.25) is 0 Å². The van der Waals surface area contributed by atoms with Gasteiger partial charge in [-0.25, -0.2) is 0 Å². The van der Waals surface area contributed by atoms with E-state index >= 15 is 0 Å². The van der Waals surface area contributed by atoms with Gasteiger partial charge in [-0.05, 0) is 49.1 Å². The molecule has 0 bridgehead atoms. The fourth-order valence-electron chi connectivity index (χ4n) is 1.92. The third-order valence-electron chi connectivity index (χ3n) is 2.85. The Morgan fingerprint density at radius 2 is 1.81 bits per heavy atom. The Morgan fingerprint density at radius 1 is 1.00 bits per heavy atom. The largest absolute Gasteiger partial charge is 0.399 e. The molecule has 16 heavy (non-hydrogen) atoms. The fraction of sp³-hybridized carbons (Fsp3) is 0.200. The summed E-state index contributed by atoms with van der Waals surface area (Å²) in [5.41, 5.74) is 11.9. The molecule has 0 amide bonds. The van der Waals surface area contributed by atoms with Gasteiger partial charge in [-0.2, -0.15) is 0 Å². The highest BCUT2D eigenvalue weighted by Gasteiger charge is 2.01. The molecule has 0 aliphatic heterocycles. The normalized spacial score (nSPS) is 10.4. The molecular formula is C15H17N. The standard InChI is InChI=1S/C15H17N/c1-11-4-3-5-13(8-11)9-14-10-15(16)7-6-12(14)2/h3-8,10H,9,16H2,1-2H3. The molecule has 0 atom stereocenters. The van der Waals surface area contributed by atoms with Gasteiger partial charge in [0, 0.05) is 5.69 Å². The van der Waals surface area contributed by atoms with Crippen molar-refractivity contribution in [1.82, 2.24) is 0 Å². The Morgan fingerprint density at radius 3 is 2.56 bits per heavy atom. The van der Waals surface area contributed by atoms with Gasteiger partial charge in [0.05, 0.1) is 0 Å². The monoisotopic (exact) mass is 211 g/mol. The Hall–Kier alpha value is -1.76. The number of rotatable bonds is 2. The minimum atomic E-state index is 0.841. The van der Waals surface area contributed by atoms with Crippen LogP contribution in [0.5, 0.6) is 0 Å². The lowest BCUT2D eigenvalue weighted by atomic mass is 9.99. The first kappa shape index (κ1) is 10.7. The van der Waals surface area contributed by atoms with Crippen molar-refractivity contribution in [3.63, 3.8) is 0 Å². The maximum Gasteiger partial charge on any atom is 0.0317 e. The highest BCUT2D eigenvalue weighted by atomic mass is 14.5. The van der Waals surface area contributed by atoms with Crippen LogP contribution in [0.1, 0.15) is 22.3 Å². The summed E-state index contributed by atoms with van der Waals surface area (Å²) in [4.78, 5) is 0. The van der Waals surface area contributed by atoms with E-state index in [1.54, 1.807) is 0 Å². The molecule has 0 aliphatic carbocycles. The molecule has 0 saturated heterocycles. The molecule has 2 aromatic carbocycles. The number of aryl methyl sites for hydroxylation is 2. The molecule has 0 heterocycles. The number of hydrogen-bond donors (Lipinski definition) is 1. The lowest BCUT2D eigenvalue weighted by Crippen LogP contribution is -1.94.